The largest absolute Gasteiger partial charge is 0.0726 e. The Hall–Kier alpha value is -9.36. The first-order valence-corrected chi connectivity index (χ1v) is 37.4. The highest BCUT2D eigenvalue weighted by atomic mass is 14.5. The Bertz CT molecular complexity index is 4160. The van der Waals surface area contributed by atoms with Crippen molar-refractivity contribution < 1.29 is 0 Å². The molecule has 476 valence electrons. The predicted molar refractivity (Wildman–Crippen MR) is 410 cm³/mol. The van der Waals surface area contributed by atoms with Crippen LogP contribution in [0.25, 0.3) is 111 Å². The van der Waals surface area contributed by atoms with Gasteiger partial charge in [0.05, 0.1) is 5.41 Å². The quantitative estimate of drug-likeness (QED) is 0.114. The van der Waals surface area contributed by atoms with E-state index >= 15 is 0 Å². The van der Waals surface area contributed by atoms with E-state index in [1.807, 2.05) is 0 Å². The molecular formula is C97H88. The molecule has 0 unspecified atom stereocenters. The normalized spacial score (nSPS) is 17.0. The Balaban J connectivity index is 0.762. The van der Waals surface area contributed by atoms with Crippen LogP contribution in [0, 0.1) is 0 Å². The van der Waals surface area contributed by atoms with Crippen molar-refractivity contribution in [2.45, 2.75) is 158 Å². The average molecular weight is 1250 g/mol. The molecule has 12 aromatic carbocycles. The molecule has 0 aliphatic heterocycles. The van der Waals surface area contributed by atoms with Crippen molar-refractivity contribution in [3.63, 3.8) is 0 Å². The van der Waals surface area contributed by atoms with Crippen LogP contribution in [0.4, 0.5) is 0 Å². The monoisotopic (exact) mass is 1250 g/mol. The maximum Gasteiger partial charge on any atom is 0.0726 e. The molecule has 4 fully saturated rings. The van der Waals surface area contributed by atoms with E-state index in [4.69, 9.17) is 0 Å². The van der Waals surface area contributed by atoms with Crippen LogP contribution in [0.5, 0.6) is 0 Å². The molecule has 0 bridgehead atoms. The highest BCUT2D eigenvalue weighted by Gasteiger charge is 2.52. The zero-order valence-electron chi connectivity index (χ0n) is 56.4. The maximum absolute atomic E-state index is 2.58. The van der Waals surface area contributed by atoms with E-state index in [0.717, 1.165) is 0 Å². The summed E-state index contributed by atoms with van der Waals surface area (Å²) in [5, 5.41) is 0. The predicted octanol–water partition coefficient (Wildman–Crippen LogP) is 27.6. The van der Waals surface area contributed by atoms with Crippen LogP contribution in [-0.4, -0.2) is 0 Å². The van der Waals surface area contributed by atoms with Crippen molar-refractivity contribution in [2.75, 3.05) is 0 Å². The summed E-state index contributed by atoms with van der Waals surface area (Å²) < 4.78 is 0. The molecule has 0 amide bonds. The van der Waals surface area contributed by atoms with E-state index in [1.165, 1.54) is 284 Å². The van der Waals surface area contributed by atoms with Gasteiger partial charge < -0.3 is 0 Å². The van der Waals surface area contributed by atoms with Crippen LogP contribution in [0.1, 0.15) is 197 Å². The molecule has 0 aromatic heterocycles. The van der Waals surface area contributed by atoms with E-state index in [1.54, 1.807) is 0 Å². The minimum atomic E-state index is -0.645. The fourth-order valence-corrected chi connectivity index (χ4v) is 18.9. The Morgan fingerprint density at radius 3 is 0.474 bits per heavy atom. The number of benzene rings is 12. The van der Waals surface area contributed by atoms with Crippen LogP contribution in [0.15, 0.2) is 267 Å². The molecule has 0 N–H and O–H groups in total. The number of hydrogen-bond donors (Lipinski definition) is 0. The van der Waals surface area contributed by atoms with Gasteiger partial charge in [-0.3, -0.25) is 0 Å². The van der Waals surface area contributed by atoms with E-state index in [2.05, 4.69) is 267 Å². The third-order valence-electron chi connectivity index (χ3n) is 24.4. The lowest BCUT2D eigenvalue weighted by Crippen LogP contribution is -2.26. The smallest absolute Gasteiger partial charge is 0.0581 e. The molecule has 0 nitrogen and oxygen atoms in total. The van der Waals surface area contributed by atoms with Crippen LogP contribution < -0.4 is 0 Å². The maximum atomic E-state index is 2.58. The van der Waals surface area contributed by atoms with Crippen molar-refractivity contribution in [3.8, 4) is 111 Å². The van der Waals surface area contributed by atoms with Crippen molar-refractivity contribution in [3.05, 3.63) is 311 Å². The molecule has 0 saturated heterocycles. The lowest BCUT2D eigenvalue weighted by molar-refractivity contribution is 0.443. The molecule has 4 saturated carbocycles. The van der Waals surface area contributed by atoms with Gasteiger partial charge in [0.25, 0.3) is 0 Å². The summed E-state index contributed by atoms with van der Waals surface area (Å²) in [6.07, 6.45) is 26.9. The average Bonchev–Trinajstić information content (AvgIpc) is 1.51. The molecule has 12 aromatic rings. The first-order chi connectivity index (χ1) is 48.0. The summed E-state index contributed by atoms with van der Waals surface area (Å²) in [7, 11) is 0. The van der Waals surface area contributed by atoms with Crippen molar-refractivity contribution in [1.82, 2.24) is 0 Å². The second-order valence-corrected chi connectivity index (χ2v) is 29.9. The van der Waals surface area contributed by atoms with Gasteiger partial charge in [-0.15, -0.1) is 0 Å². The van der Waals surface area contributed by atoms with Gasteiger partial charge in [-0.2, -0.15) is 0 Å². The number of fused-ring (bicyclic) bond motifs is 10. The van der Waals surface area contributed by atoms with Gasteiger partial charge in [-0.25, -0.2) is 0 Å². The minimum Gasteiger partial charge on any atom is -0.0581 e. The van der Waals surface area contributed by atoms with E-state index in [-0.39, 0.29) is 0 Å². The highest BCUT2D eigenvalue weighted by Crippen LogP contribution is 2.65. The Morgan fingerprint density at radius 1 is 0.155 bits per heavy atom. The zero-order chi connectivity index (χ0) is 64.2. The summed E-state index contributed by atoms with van der Waals surface area (Å²) in [4.78, 5) is 0. The van der Waals surface area contributed by atoms with Crippen LogP contribution in [0.2, 0.25) is 0 Å². The van der Waals surface area contributed by atoms with Gasteiger partial charge in [0, 0.05) is 0 Å². The van der Waals surface area contributed by atoms with E-state index in [9.17, 15) is 0 Å². The van der Waals surface area contributed by atoms with Crippen molar-refractivity contribution >= 4 is 0 Å². The van der Waals surface area contributed by atoms with Gasteiger partial charge in [0.2, 0.25) is 0 Å². The summed E-state index contributed by atoms with van der Waals surface area (Å²) in [5.74, 6) is 2.80. The second kappa shape index (κ2) is 25.9. The van der Waals surface area contributed by atoms with Crippen LogP contribution in [0.3, 0.4) is 0 Å². The molecule has 1 spiro atoms. The van der Waals surface area contributed by atoms with Gasteiger partial charge in [0.1, 0.15) is 0 Å². The van der Waals surface area contributed by atoms with Gasteiger partial charge >= 0.3 is 0 Å². The summed E-state index contributed by atoms with van der Waals surface area (Å²) in [6.45, 7) is 0. The molecular weight excluding hydrogens is 1170 g/mol. The second-order valence-electron chi connectivity index (χ2n) is 29.9. The SMILES string of the molecule is c1cc(-c2ccc3c(c2)C2(c4cc(-c5ccc(-c6ccc(C7CCCCC7)cc6)cc5)ccc4-3)c3cc(-c4ccc(-c5ccc(C6CCCCC6)cc5)cc4)ccc3-c3ccc(-c4ccc(-c5ccc(C6CCCCC6)cc5)cc4)cc32)ccc1-c1ccc(C2CCCCC2)cc1. The van der Waals surface area contributed by atoms with Crippen molar-refractivity contribution in [1.29, 1.82) is 0 Å². The fourth-order valence-electron chi connectivity index (χ4n) is 18.9. The first-order valence-electron chi connectivity index (χ1n) is 37.4. The molecule has 6 aliphatic rings. The lowest BCUT2D eigenvalue weighted by Gasteiger charge is -2.32. The fraction of sp³-hybridized carbons (Fsp3) is 0.258. The lowest BCUT2D eigenvalue weighted by atomic mass is 9.69. The Labute approximate surface area is 576 Å². The summed E-state index contributed by atoms with van der Waals surface area (Å²) in [5.41, 5.74) is 36.0. The highest BCUT2D eigenvalue weighted by molar-refractivity contribution is 5.99. The molecule has 18 rings (SSSR count). The molecule has 0 radical (unpaired) electrons. The van der Waals surface area contributed by atoms with Crippen molar-refractivity contribution in [2.24, 2.45) is 0 Å². The van der Waals surface area contributed by atoms with Crippen LogP contribution >= 0.6 is 0 Å². The van der Waals surface area contributed by atoms with Gasteiger partial charge in [-0.05, 0) is 255 Å². The van der Waals surface area contributed by atoms with Crippen LogP contribution in [-0.2, 0) is 5.41 Å². The number of rotatable bonds is 12. The molecule has 97 heavy (non-hydrogen) atoms. The molecule has 6 aliphatic carbocycles. The van der Waals surface area contributed by atoms with Gasteiger partial charge in [0.15, 0.2) is 0 Å². The molecule has 0 atom stereocenters. The topological polar surface area (TPSA) is 0 Å². The molecule has 0 heterocycles. The summed E-state index contributed by atoms with van der Waals surface area (Å²) in [6, 6.07) is 106. The Kier molecular flexibility index (Phi) is 16.0. The Morgan fingerprint density at radius 2 is 0.299 bits per heavy atom. The number of hydrogen-bond acceptors (Lipinski definition) is 0. The standard InChI is InChI=1S/C97H88/c1-5-13-65(14-6-1)69-21-29-73(30-22-69)77-37-45-81(46-38-77)85-53-57-89-90-58-54-86(82-47-39-78(40-48-82)74-31-23-70(24-32-74)66-15-7-2-8-16-66)62-94(90)97(93(89)61-85)95-63-87(83-49-41-79(42-50-83)75-33-25-71(26-34-75)67-17-9-3-10-18-67)55-59-91(95)92-60-56-88(64-96(92)97)84-51-43-80(44-52-84)76-35-27-72(28-36-76)68-19-11-4-12-20-68/h21-68H,1-20H2. The van der Waals surface area contributed by atoms with E-state index < -0.39 is 5.41 Å². The third-order valence-corrected chi connectivity index (χ3v) is 24.4. The zero-order valence-corrected chi connectivity index (χ0v) is 56.4. The van der Waals surface area contributed by atoms with E-state index in [0.29, 0.717) is 23.7 Å². The molecule has 0 heteroatoms. The first kappa shape index (κ1) is 60.1. The minimum absolute atomic E-state index is 0.645. The third kappa shape index (κ3) is 11.3. The summed E-state index contributed by atoms with van der Waals surface area (Å²) >= 11 is 0. The van der Waals surface area contributed by atoms with Gasteiger partial charge in [-0.1, -0.05) is 320 Å².